The second-order valence-electron chi connectivity index (χ2n) is 8.62. The zero-order chi connectivity index (χ0) is 23.9. The van der Waals surface area contributed by atoms with Crippen molar-refractivity contribution in [3.8, 4) is 0 Å². The van der Waals surface area contributed by atoms with E-state index in [0.717, 1.165) is 44.8 Å². The Bertz CT molecular complexity index is 1160. The zero-order valence-corrected chi connectivity index (χ0v) is 20.7. The van der Waals surface area contributed by atoms with Gasteiger partial charge in [0.2, 0.25) is 5.91 Å². The molecule has 0 bridgehead atoms. The maximum atomic E-state index is 13.3. The molecule has 34 heavy (non-hydrogen) atoms. The molecule has 4 rings (SSSR count). The molecule has 1 unspecified atom stereocenters. The first-order valence-corrected chi connectivity index (χ1v) is 12.7. The van der Waals surface area contributed by atoms with Gasteiger partial charge in [0.25, 0.3) is 5.56 Å². The first-order valence-electron chi connectivity index (χ1n) is 11.8. The molecule has 8 heteroatoms. The van der Waals surface area contributed by atoms with E-state index in [1.54, 1.807) is 9.47 Å². The number of nitrogens with zero attached hydrogens (tertiary/aromatic N) is 4. The number of hydrogen-bond donors (Lipinski definition) is 0. The molecule has 7 nitrogen and oxygen atoms in total. The molecule has 1 aliphatic rings. The first kappa shape index (κ1) is 24.4. The number of carbonyl (C=O) groups is 1. The second-order valence-corrected chi connectivity index (χ2v) is 9.92. The number of aromatic nitrogens is 2. The summed E-state index contributed by atoms with van der Waals surface area (Å²) in [5.41, 5.74) is 1.70. The van der Waals surface area contributed by atoms with Crippen LogP contribution in [0.5, 0.6) is 0 Å². The molecule has 1 aliphatic heterocycles. The van der Waals surface area contributed by atoms with Crippen molar-refractivity contribution in [2.45, 2.75) is 36.8 Å². The number of carbonyl (C=O) groups excluding carboxylic acids is 1. The predicted molar refractivity (Wildman–Crippen MR) is 136 cm³/mol. The highest BCUT2D eigenvalue weighted by molar-refractivity contribution is 8.00. The topological polar surface area (TPSA) is 67.7 Å². The van der Waals surface area contributed by atoms with Crippen LogP contribution in [0.3, 0.4) is 0 Å². The highest BCUT2D eigenvalue weighted by Gasteiger charge is 2.22. The zero-order valence-electron chi connectivity index (χ0n) is 19.9. The van der Waals surface area contributed by atoms with Crippen LogP contribution in [0, 0.1) is 0 Å². The lowest BCUT2D eigenvalue weighted by molar-refractivity contribution is -0.129. The third-order valence-electron chi connectivity index (χ3n) is 6.06. The third-order valence-corrected chi connectivity index (χ3v) is 7.13. The number of morpholine rings is 1. The smallest absolute Gasteiger partial charge is 0.262 e. The fourth-order valence-corrected chi connectivity index (χ4v) is 5.22. The predicted octanol–water partition coefficient (Wildman–Crippen LogP) is 3.26. The summed E-state index contributed by atoms with van der Waals surface area (Å²) in [6, 6.07) is 17.4. The molecule has 2 heterocycles. The molecule has 1 saturated heterocycles. The first-order chi connectivity index (χ1) is 16.5. The summed E-state index contributed by atoms with van der Waals surface area (Å²) in [5.74, 6) is 0.0103. The molecule has 0 spiro atoms. The van der Waals surface area contributed by atoms with Crippen molar-refractivity contribution in [3.05, 3.63) is 70.5 Å². The average molecular weight is 481 g/mol. The van der Waals surface area contributed by atoms with E-state index in [2.05, 4.69) is 4.90 Å². The van der Waals surface area contributed by atoms with E-state index in [1.807, 2.05) is 68.6 Å². The summed E-state index contributed by atoms with van der Waals surface area (Å²) in [6.45, 7) is 7.26. The lowest BCUT2D eigenvalue weighted by atomic mass is 10.2. The van der Waals surface area contributed by atoms with Crippen LogP contribution in [-0.4, -0.2) is 70.4 Å². The fourth-order valence-electron chi connectivity index (χ4n) is 4.17. The number of hydrogen-bond acceptors (Lipinski definition) is 6. The summed E-state index contributed by atoms with van der Waals surface area (Å²) in [5, 5.41) is 0.838. The minimum absolute atomic E-state index is 0.0103. The van der Waals surface area contributed by atoms with Crippen LogP contribution in [0.1, 0.15) is 18.9 Å². The monoisotopic (exact) mass is 480 g/mol. The molecule has 0 aliphatic carbocycles. The maximum absolute atomic E-state index is 13.3. The van der Waals surface area contributed by atoms with E-state index >= 15 is 0 Å². The number of amides is 1. The van der Waals surface area contributed by atoms with Gasteiger partial charge in [-0.1, -0.05) is 54.2 Å². The van der Waals surface area contributed by atoms with E-state index < -0.39 is 0 Å². The number of fused-ring (bicyclic) bond motifs is 1. The Morgan fingerprint density at radius 3 is 2.56 bits per heavy atom. The van der Waals surface area contributed by atoms with Gasteiger partial charge in [0.05, 0.1) is 29.4 Å². The van der Waals surface area contributed by atoms with Crippen LogP contribution in [0.15, 0.2) is 64.5 Å². The van der Waals surface area contributed by atoms with Crippen LogP contribution < -0.4 is 5.56 Å². The van der Waals surface area contributed by atoms with Crippen LogP contribution in [0.2, 0.25) is 0 Å². The lowest BCUT2D eigenvalue weighted by Gasteiger charge is -2.26. The van der Waals surface area contributed by atoms with Crippen molar-refractivity contribution in [2.24, 2.45) is 0 Å². The Morgan fingerprint density at radius 2 is 1.79 bits per heavy atom. The number of rotatable bonds is 9. The molecule has 2 aromatic carbocycles. The van der Waals surface area contributed by atoms with Gasteiger partial charge in [0.1, 0.15) is 0 Å². The minimum atomic E-state index is -0.368. The molecule has 180 valence electrons. The Hall–Kier alpha value is -2.68. The molecule has 0 saturated carbocycles. The lowest BCUT2D eigenvalue weighted by Crippen LogP contribution is -2.37. The van der Waals surface area contributed by atoms with Gasteiger partial charge in [0.15, 0.2) is 5.16 Å². The van der Waals surface area contributed by atoms with Gasteiger partial charge in [-0.3, -0.25) is 19.1 Å². The number of thioether (sulfide) groups is 1. The van der Waals surface area contributed by atoms with Crippen molar-refractivity contribution in [1.82, 2.24) is 19.4 Å². The van der Waals surface area contributed by atoms with Crippen molar-refractivity contribution >= 4 is 28.6 Å². The number of ether oxygens (including phenoxy) is 1. The standard InChI is InChI=1S/C26H32N4O3S/c1-20(24(31)28(2)19-21-9-4-3-5-10-21)34-26-27-23-12-7-6-11-22(23)25(32)30(26)14-8-13-29-15-17-33-18-16-29/h3-7,9-12,20H,8,13-19H2,1-2H3. The van der Waals surface area contributed by atoms with Gasteiger partial charge in [-0.15, -0.1) is 0 Å². The maximum Gasteiger partial charge on any atom is 0.262 e. The van der Waals surface area contributed by atoms with Crippen LogP contribution >= 0.6 is 11.8 Å². The average Bonchev–Trinajstić information content (AvgIpc) is 2.86. The number of para-hydroxylation sites is 1. The third kappa shape index (κ3) is 6.05. The van der Waals surface area contributed by atoms with E-state index in [0.29, 0.717) is 29.1 Å². The Balaban J connectivity index is 1.50. The Labute approximate surface area is 204 Å². The molecule has 0 N–H and O–H groups in total. The van der Waals surface area contributed by atoms with E-state index in [4.69, 9.17) is 9.72 Å². The van der Waals surface area contributed by atoms with Gasteiger partial charge in [-0.05, 0) is 31.0 Å². The number of benzene rings is 2. The van der Waals surface area contributed by atoms with E-state index in [-0.39, 0.29) is 16.7 Å². The summed E-state index contributed by atoms with van der Waals surface area (Å²) in [6.07, 6.45) is 0.837. The molecule has 1 atom stereocenters. The SMILES string of the molecule is CC(Sc1nc2ccccc2c(=O)n1CCCN1CCOCC1)C(=O)N(C)Cc1ccccc1. The highest BCUT2D eigenvalue weighted by Crippen LogP contribution is 2.24. The van der Waals surface area contributed by atoms with E-state index in [1.165, 1.54) is 11.8 Å². The largest absolute Gasteiger partial charge is 0.379 e. The van der Waals surface area contributed by atoms with Gasteiger partial charge in [-0.25, -0.2) is 4.98 Å². The summed E-state index contributed by atoms with van der Waals surface area (Å²) in [4.78, 5) is 35.3. The Kier molecular flexibility index (Phi) is 8.37. The molecular weight excluding hydrogens is 448 g/mol. The van der Waals surface area contributed by atoms with E-state index in [9.17, 15) is 9.59 Å². The quantitative estimate of drug-likeness (QED) is 0.346. The van der Waals surface area contributed by atoms with Crippen LogP contribution in [0.4, 0.5) is 0 Å². The van der Waals surface area contributed by atoms with Crippen LogP contribution in [0.25, 0.3) is 10.9 Å². The van der Waals surface area contributed by atoms with Crippen molar-refractivity contribution < 1.29 is 9.53 Å². The van der Waals surface area contributed by atoms with Crippen molar-refractivity contribution in [2.75, 3.05) is 39.9 Å². The summed E-state index contributed by atoms with van der Waals surface area (Å²) < 4.78 is 7.17. The molecule has 1 aromatic heterocycles. The fraction of sp³-hybridized carbons (Fsp3) is 0.423. The normalized spacial score (nSPS) is 15.4. The van der Waals surface area contributed by atoms with Gasteiger partial charge >= 0.3 is 0 Å². The summed E-state index contributed by atoms with van der Waals surface area (Å²) >= 11 is 1.36. The minimum Gasteiger partial charge on any atom is -0.379 e. The highest BCUT2D eigenvalue weighted by atomic mass is 32.2. The molecule has 1 amide bonds. The molecule has 1 fully saturated rings. The molecule has 0 radical (unpaired) electrons. The van der Waals surface area contributed by atoms with Crippen LogP contribution in [-0.2, 0) is 22.6 Å². The van der Waals surface area contributed by atoms with Crippen molar-refractivity contribution in [1.29, 1.82) is 0 Å². The van der Waals surface area contributed by atoms with Gasteiger partial charge < -0.3 is 9.64 Å². The molecule has 3 aromatic rings. The van der Waals surface area contributed by atoms with Crippen molar-refractivity contribution in [3.63, 3.8) is 0 Å². The van der Waals surface area contributed by atoms with Gasteiger partial charge in [0, 0.05) is 39.8 Å². The molecular formula is C26H32N4O3S. The second kappa shape index (κ2) is 11.6. The van der Waals surface area contributed by atoms with Gasteiger partial charge in [-0.2, -0.15) is 0 Å². The Morgan fingerprint density at radius 1 is 1.09 bits per heavy atom. The summed E-state index contributed by atoms with van der Waals surface area (Å²) in [7, 11) is 1.82.